The number of hydrogen-bond donors (Lipinski definition) is 1. The van der Waals surface area contributed by atoms with Crippen molar-refractivity contribution in [3.8, 4) is 0 Å². The highest BCUT2D eigenvalue weighted by molar-refractivity contribution is 5.36. The highest BCUT2D eigenvalue weighted by Gasteiger charge is 2.26. The third-order valence-corrected chi connectivity index (χ3v) is 3.98. The van der Waals surface area contributed by atoms with Crippen molar-refractivity contribution in [1.29, 1.82) is 0 Å². The maximum Gasteiger partial charge on any atom is 0.123 e. The van der Waals surface area contributed by atoms with E-state index in [2.05, 4.69) is 20.8 Å². The van der Waals surface area contributed by atoms with Crippen molar-refractivity contribution in [2.75, 3.05) is 6.61 Å². The van der Waals surface area contributed by atoms with Gasteiger partial charge in [-0.2, -0.15) is 0 Å². The van der Waals surface area contributed by atoms with Gasteiger partial charge < -0.3 is 5.11 Å². The fourth-order valence-corrected chi connectivity index (χ4v) is 2.73. The molecule has 0 fully saturated rings. The summed E-state index contributed by atoms with van der Waals surface area (Å²) in [5, 5.41) is 8.73. The summed E-state index contributed by atoms with van der Waals surface area (Å²) >= 11 is 0. The molecule has 0 spiro atoms. The van der Waals surface area contributed by atoms with Crippen LogP contribution in [0.4, 0.5) is 4.39 Å². The van der Waals surface area contributed by atoms with E-state index in [-0.39, 0.29) is 17.8 Å². The molecule has 1 aliphatic carbocycles. The molecule has 0 saturated carbocycles. The van der Waals surface area contributed by atoms with Crippen LogP contribution in [0, 0.1) is 5.41 Å². The first kappa shape index (κ1) is 17.6. The molecule has 0 atom stereocenters. The fourth-order valence-electron chi connectivity index (χ4n) is 2.73. The first-order chi connectivity index (χ1) is 9.86. The number of hydrogen-bond acceptors (Lipinski definition) is 1. The summed E-state index contributed by atoms with van der Waals surface area (Å²) in [4.78, 5) is 0. The second-order valence-electron chi connectivity index (χ2n) is 6.31. The minimum atomic E-state index is -0.260. The SMILES string of the molecule is CC1=C(/C=C/C(F)=C\C=C\C(C)=C\CO)C(C)(C)CCC1. The van der Waals surface area contributed by atoms with Crippen molar-refractivity contribution in [3.05, 3.63) is 59.0 Å². The van der Waals surface area contributed by atoms with Gasteiger partial charge >= 0.3 is 0 Å². The monoisotopic (exact) mass is 290 g/mol. The van der Waals surface area contributed by atoms with Gasteiger partial charge in [-0.25, -0.2) is 4.39 Å². The summed E-state index contributed by atoms with van der Waals surface area (Å²) in [7, 11) is 0. The van der Waals surface area contributed by atoms with Gasteiger partial charge in [0.2, 0.25) is 0 Å². The molecule has 1 nitrogen and oxygen atoms in total. The average Bonchev–Trinajstić information content (AvgIpc) is 2.37. The van der Waals surface area contributed by atoms with Crippen LogP contribution in [0.15, 0.2) is 59.0 Å². The van der Waals surface area contributed by atoms with Crippen LogP contribution in [0.2, 0.25) is 0 Å². The Labute approximate surface area is 128 Å². The molecule has 0 aromatic carbocycles. The van der Waals surface area contributed by atoms with Crippen molar-refractivity contribution in [2.45, 2.75) is 47.0 Å². The van der Waals surface area contributed by atoms with Gasteiger partial charge in [-0.15, -0.1) is 0 Å². The molecule has 0 aliphatic heterocycles. The third-order valence-electron chi connectivity index (χ3n) is 3.98. The summed E-state index contributed by atoms with van der Waals surface area (Å²) in [6.45, 7) is 8.46. The summed E-state index contributed by atoms with van der Waals surface area (Å²) in [6.07, 6.45) is 13.5. The van der Waals surface area contributed by atoms with Crippen LogP contribution in [0.3, 0.4) is 0 Å². The molecule has 0 aromatic rings. The molecule has 0 heterocycles. The molecule has 21 heavy (non-hydrogen) atoms. The Hall–Kier alpha value is -1.41. The van der Waals surface area contributed by atoms with E-state index in [0.717, 1.165) is 18.4 Å². The zero-order valence-corrected chi connectivity index (χ0v) is 13.6. The molecule has 0 amide bonds. The van der Waals surface area contributed by atoms with Crippen molar-refractivity contribution >= 4 is 0 Å². The highest BCUT2D eigenvalue weighted by atomic mass is 19.1. The maximum absolute atomic E-state index is 13.8. The van der Waals surface area contributed by atoms with Crippen molar-refractivity contribution in [2.24, 2.45) is 5.41 Å². The standard InChI is InChI=1S/C19H27FO/c1-15(12-14-21)7-5-9-17(20)10-11-18-16(2)8-6-13-19(18,3)4/h5,7,9-12,21H,6,8,13-14H2,1-4H3/b7-5+,11-10+,15-12+,17-9+. The van der Waals surface area contributed by atoms with Gasteiger partial charge in [0, 0.05) is 0 Å². The van der Waals surface area contributed by atoms with Crippen LogP contribution in [-0.2, 0) is 0 Å². The Morgan fingerprint density at radius 3 is 2.67 bits per heavy atom. The van der Waals surface area contributed by atoms with Crippen LogP contribution in [0.5, 0.6) is 0 Å². The lowest BCUT2D eigenvalue weighted by molar-refractivity contribution is 0.342. The predicted molar refractivity (Wildman–Crippen MR) is 88.6 cm³/mol. The van der Waals surface area contributed by atoms with Crippen LogP contribution in [0.1, 0.15) is 47.0 Å². The minimum absolute atomic E-state index is 0.00475. The van der Waals surface area contributed by atoms with Gasteiger partial charge in [0.1, 0.15) is 5.83 Å². The number of aliphatic hydroxyl groups excluding tert-OH is 1. The van der Waals surface area contributed by atoms with E-state index in [0.29, 0.717) is 0 Å². The summed E-state index contributed by atoms with van der Waals surface area (Å²) in [6, 6.07) is 0. The minimum Gasteiger partial charge on any atom is -0.392 e. The molecule has 0 bridgehead atoms. The van der Waals surface area contributed by atoms with Crippen molar-refractivity contribution < 1.29 is 9.50 Å². The quantitative estimate of drug-likeness (QED) is 0.670. The van der Waals surface area contributed by atoms with E-state index in [4.69, 9.17) is 5.11 Å². The van der Waals surface area contributed by atoms with Gasteiger partial charge in [-0.3, -0.25) is 0 Å². The Balaban J connectivity index is 2.78. The Morgan fingerprint density at radius 1 is 1.33 bits per heavy atom. The predicted octanol–water partition coefficient (Wildman–Crippen LogP) is 5.42. The lowest BCUT2D eigenvalue weighted by Crippen LogP contribution is -2.19. The van der Waals surface area contributed by atoms with Crippen molar-refractivity contribution in [1.82, 2.24) is 0 Å². The Kier molecular flexibility index (Phi) is 6.83. The molecule has 0 saturated heterocycles. The number of rotatable bonds is 5. The van der Waals surface area contributed by atoms with Crippen molar-refractivity contribution in [3.63, 3.8) is 0 Å². The van der Waals surface area contributed by atoms with Gasteiger partial charge in [0.05, 0.1) is 6.61 Å². The van der Waals surface area contributed by atoms with Gasteiger partial charge in [0.25, 0.3) is 0 Å². The van der Waals surface area contributed by atoms with E-state index >= 15 is 0 Å². The third kappa shape index (κ3) is 5.84. The molecule has 2 heteroatoms. The normalized spacial score (nSPS) is 20.9. The second kappa shape index (κ2) is 8.14. The van der Waals surface area contributed by atoms with Crippen LogP contribution in [-0.4, -0.2) is 11.7 Å². The molecule has 116 valence electrons. The molecular weight excluding hydrogens is 263 g/mol. The first-order valence-corrected chi connectivity index (χ1v) is 7.56. The van der Waals surface area contributed by atoms with Gasteiger partial charge in [-0.1, -0.05) is 49.3 Å². The summed E-state index contributed by atoms with van der Waals surface area (Å²) in [5.74, 6) is -0.260. The van der Waals surface area contributed by atoms with E-state index in [1.54, 1.807) is 24.3 Å². The average molecular weight is 290 g/mol. The van der Waals surface area contributed by atoms with E-state index in [1.165, 1.54) is 23.6 Å². The second-order valence-corrected chi connectivity index (χ2v) is 6.31. The lowest BCUT2D eigenvalue weighted by atomic mass is 9.72. The maximum atomic E-state index is 13.8. The van der Waals surface area contributed by atoms with Crippen LogP contribution >= 0.6 is 0 Å². The Morgan fingerprint density at radius 2 is 2.05 bits per heavy atom. The summed E-state index contributed by atoms with van der Waals surface area (Å²) in [5.41, 5.74) is 3.68. The summed E-state index contributed by atoms with van der Waals surface area (Å²) < 4.78 is 13.8. The van der Waals surface area contributed by atoms with Crippen LogP contribution < -0.4 is 0 Å². The molecule has 0 radical (unpaired) electrons. The highest BCUT2D eigenvalue weighted by Crippen LogP contribution is 2.40. The largest absolute Gasteiger partial charge is 0.392 e. The smallest absolute Gasteiger partial charge is 0.123 e. The lowest BCUT2D eigenvalue weighted by Gasteiger charge is -2.32. The molecule has 1 N–H and O–H groups in total. The number of allylic oxidation sites excluding steroid dienone is 9. The van der Waals surface area contributed by atoms with Gasteiger partial charge in [0.15, 0.2) is 0 Å². The molecule has 1 rings (SSSR count). The first-order valence-electron chi connectivity index (χ1n) is 7.56. The fraction of sp³-hybridized carbons (Fsp3) is 0.474. The van der Waals surface area contributed by atoms with E-state index < -0.39 is 0 Å². The van der Waals surface area contributed by atoms with Gasteiger partial charge in [-0.05, 0) is 56.3 Å². The zero-order valence-electron chi connectivity index (χ0n) is 13.6. The van der Waals surface area contributed by atoms with E-state index in [9.17, 15) is 4.39 Å². The molecule has 0 aromatic heterocycles. The van der Waals surface area contributed by atoms with Crippen LogP contribution in [0.25, 0.3) is 0 Å². The Bertz CT molecular complexity index is 502. The molecule has 1 aliphatic rings. The zero-order chi connectivity index (χ0) is 15.9. The molecule has 0 unspecified atom stereocenters. The van der Waals surface area contributed by atoms with E-state index in [1.807, 2.05) is 13.0 Å². The number of halogens is 1. The molecular formula is C19H27FO. The topological polar surface area (TPSA) is 20.2 Å². The number of aliphatic hydroxyl groups is 1.